The number of benzene rings is 2. The standard InChI is InChI=1S/C30H34N6O4S/c1-19-14-23(20(2)33-26-8-6-7-9-27(26)41(5,39)40)24-16-28(34(4)30(38)25(24)15-19)35-10-12-36(13-11-35)29(37)22-17-31-21(3)32-18-22/h6-9,14-18,20,33H,10-13H2,1-5H3/t20-/m1/s1. The lowest BCUT2D eigenvalue weighted by atomic mass is 9.97. The molecule has 0 aliphatic carbocycles. The molecule has 0 saturated carbocycles. The first-order valence-corrected chi connectivity index (χ1v) is 15.4. The maximum absolute atomic E-state index is 13.6. The number of carbonyl (C=O) groups excluding carboxylic acids is 1. The number of nitrogens with zero attached hydrogens (tertiary/aromatic N) is 5. The van der Waals surface area contributed by atoms with Crippen LogP contribution in [0, 0.1) is 13.8 Å². The summed E-state index contributed by atoms with van der Waals surface area (Å²) in [6.07, 6.45) is 4.30. The summed E-state index contributed by atoms with van der Waals surface area (Å²) in [5, 5.41) is 4.77. The van der Waals surface area contributed by atoms with Crippen LogP contribution in [0.1, 0.15) is 40.3 Å². The lowest BCUT2D eigenvalue weighted by Gasteiger charge is -2.36. The third-order valence-corrected chi connectivity index (χ3v) is 8.71. The highest BCUT2D eigenvalue weighted by molar-refractivity contribution is 7.90. The van der Waals surface area contributed by atoms with Gasteiger partial charge in [-0.05, 0) is 61.5 Å². The zero-order valence-electron chi connectivity index (χ0n) is 23.9. The van der Waals surface area contributed by atoms with Crippen molar-refractivity contribution in [3.63, 3.8) is 0 Å². The predicted molar refractivity (Wildman–Crippen MR) is 160 cm³/mol. The number of piperazine rings is 1. The minimum Gasteiger partial charge on any atom is -0.377 e. The number of para-hydroxylation sites is 1. The Hall–Kier alpha value is -4.25. The summed E-state index contributed by atoms with van der Waals surface area (Å²) in [5.74, 6) is 1.27. The largest absolute Gasteiger partial charge is 0.377 e. The molecule has 1 amide bonds. The molecule has 0 bridgehead atoms. The van der Waals surface area contributed by atoms with Crippen molar-refractivity contribution in [1.29, 1.82) is 0 Å². The van der Waals surface area contributed by atoms with E-state index >= 15 is 0 Å². The quantitative estimate of drug-likeness (QED) is 0.372. The zero-order chi connectivity index (χ0) is 29.5. The summed E-state index contributed by atoms with van der Waals surface area (Å²) in [5.41, 5.74) is 2.70. The lowest BCUT2D eigenvalue weighted by molar-refractivity contribution is 0.0745. The fraction of sp³-hybridized carbons (Fsp3) is 0.333. The van der Waals surface area contributed by atoms with Gasteiger partial charge in [0.1, 0.15) is 11.6 Å². The van der Waals surface area contributed by atoms with E-state index in [-0.39, 0.29) is 22.4 Å². The Balaban J connectivity index is 1.46. The number of aromatic nitrogens is 3. The number of anilines is 2. The van der Waals surface area contributed by atoms with E-state index in [1.807, 2.05) is 32.0 Å². The number of pyridine rings is 1. The van der Waals surface area contributed by atoms with Crippen LogP contribution in [0.4, 0.5) is 11.5 Å². The summed E-state index contributed by atoms with van der Waals surface area (Å²) < 4.78 is 26.4. The Morgan fingerprint density at radius 2 is 1.63 bits per heavy atom. The maximum Gasteiger partial charge on any atom is 0.259 e. The topological polar surface area (TPSA) is 118 Å². The molecule has 1 N–H and O–H groups in total. The molecular weight excluding hydrogens is 540 g/mol. The minimum absolute atomic E-state index is 0.107. The third kappa shape index (κ3) is 5.67. The first kappa shape index (κ1) is 28.3. The molecule has 41 heavy (non-hydrogen) atoms. The van der Waals surface area contributed by atoms with E-state index in [2.05, 4.69) is 20.2 Å². The van der Waals surface area contributed by atoms with Crippen molar-refractivity contribution in [1.82, 2.24) is 19.4 Å². The molecule has 5 rings (SSSR count). The summed E-state index contributed by atoms with van der Waals surface area (Å²) in [6, 6.07) is 12.5. The second kappa shape index (κ2) is 11.0. The van der Waals surface area contributed by atoms with Crippen molar-refractivity contribution in [3.8, 4) is 0 Å². The molecule has 2 aromatic carbocycles. The zero-order valence-corrected chi connectivity index (χ0v) is 24.7. The molecule has 0 radical (unpaired) electrons. The van der Waals surface area contributed by atoms with Gasteiger partial charge in [-0.2, -0.15) is 0 Å². The maximum atomic E-state index is 13.6. The Bertz CT molecular complexity index is 1790. The van der Waals surface area contributed by atoms with Gasteiger partial charge in [0.15, 0.2) is 9.84 Å². The SMILES string of the molecule is Cc1cc([C@@H](C)Nc2ccccc2S(C)(=O)=O)c2cc(N3CCN(C(=O)c4cnc(C)nc4)CC3)n(C)c(=O)c2c1. The average molecular weight is 575 g/mol. The van der Waals surface area contributed by atoms with Gasteiger partial charge in [-0.3, -0.25) is 14.2 Å². The van der Waals surface area contributed by atoms with E-state index in [1.165, 1.54) is 6.26 Å². The number of fused-ring (bicyclic) bond motifs is 1. The highest BCUT2D eigenvalue weighted by Crippen LogP contribution is 2.32. The van der Waals surface area contributed by atoms with Crippen LogP contribution >= 0.6 is 0 Å². The highest BCUT2D eigenvalue weighted by atomic mass is 32.2. The average Bonchev–Trinajstić information content (AvgIpc) is 2.94. The third-order valence-electron chi connectivity index (χ3n) is 7.55. The van der Waals surface area contributed by atoms with Gasteiger partial charge in [0, 0.05) is 63.3 Å². The number of hydrogen-bond donors (Lipinski definition) is 1. The number of hydrogen-bond acceptors (Lipinski definition) is 8. The van der Waals surface area contributed by atoms with Gasteiger partial charge in [-0.1, -0.05) is 18.2 Å². The molecule has 1 fully saturated rings. The van der Waals surface area contributed by atoms with Crippen molar-refractivity contribution in [2.24, 2.45) is 7.05 Å². The van der Waals surface area contributed by atoms with E-state index in [1.54, 1.807) is 60.1 Å². The van der Waals surface area contributed by atoms with Crippen LogP contribution in [-0.2, 0) is 16.9 Å². The first-order chi connectivity index (χ1) is 19.4. The smallest absolute Gasteiger partial charge is 0.259 e. The van der Waals surface area contributed by atoms with Gasteiger partial charge < -0.3 is 15.1 Å². The second-order valence-electron chi connectivity index (χ2n) is 10.6. The molecule has 11 heteroatoms. The number of sulfone groups is 1. The molecule has 214 valence electrons. The number of amides is 1. The van der Waals surface area contributed by atoms with E-state index in [0.29, 0.717) is 48.6 Å². The van der Waals surface area contributed by atoms with Crippen LogP contribution in [0.3, 0.4) is 0 Å². The molecule has 1 atom stereocenters. The Labute approximate surface area is 239 Å². The Kier molecular flexibility index (Phi) is 7.56. The second-order valence-corrected chi connectivity index (χ2v) is 12.6. The molecule has 1 aliphatic heterocycles. The van der Waals surface area contributed by atoms with Crippen LogP contribution < -0.4 is 15.8 Å². The van der Waals surface area contributed by atoms with Crippen molar-refractivity contribution in [2.75, 3.05) is 42.7 Å². The fourth-order valence-corrected chi connectivity index (χ4v) is 6.23. The summed E-state index contributed by atoms with van der Waals surface area (Å²) >= 11 is 0. The van der Waals surface area contributed by atoms with Gasteiger partial charge >= 0.3 is 0 Å². The van der Waals surface area contributed by atoms with Crippen molar-refractivity contribution >= 4 is 38.0 Å². The molecule has 1 aliphatic rings. The summed E-state index contributed by atoms with van der Waals surface area (Å²) in [7, 11) is -1.67. The van der Waals surface area contributed by atoms with Crippen molar-refractivity contribution in [3.05, 3.63) is 87.7 Å². The van der Waals surface area contributed by atoms with E-state index < -0.39 is 9.84 Å². The van der Waals surface area contributed by atoms with Gasteiger partial charge in [-0.15, -0.1) is 0 Å². The molecule has 0 unspecified atom stereocenters. The van der Waals surface area contributed by atoms with Gasteiger partial charge in [-0.25, -0.2) is 18.4 Å². The molecule has 4 aromatic rings. The lowest BCUT2D eigenvalue weighted by Crippen LogP contribution is -2.50. The summed E-state index contributed by atoms with van der Waals surface area (Å²) in [6.45, 7) is 7.81. The highest BCUT2D eigenvalue weighted by Gasteiger charge is 2.25. The van der Waals surface area contributed by atoms with Crippen LogP contribution in [0.25, 0.3) is 10.8 Å². The van der Waals surface area contributed by atoms with Gasteiger partial charge in [0.05, 0.1) is 16.1 Å². The molecule has 0 spiro atoms. The minimum atomic E-state index is -3.43. The van der Waals surface area contributed by atoms with Gasteiger partial charge in [0.2, 0.25) is 0 Å². The van der Waals surface area contributed by atoms with Gasteiger partial charge in [0.25, 0.3) is 11.5 Å². The molecule has 3 heterocycles. The van der Waals surface area contributed by atoms with E-state index in [9.17, 15) is 18.0 Å². The number of carbonyl (C=O) groups is 1. The summed E-state index contributed by atoms with van der Waals surface area (Å²) in [4.78, 5) is 39.0. The molecule has 10 nitrogen and oxygen atoms in total. The molecule has 2 aromatic heterocycles. The van der Waals surface area contributed by atoms with E-state index in [4.69, 9.17) is 0 Å². The fourth-order valence-electron chi connectivity index (χ4n) is 5.38. The number of aryl methyl sites for hydroxylation is 2. The predicted octanol–water partition coefficient (Wildman–Crippen LogP) is 3.48. The Morgan fingerprint density at radius 1 is 0.976 bits per heavy atom. The number of rotatable bonds is 6. The normalized spacial score (nSPS) is 14.8. The van der Waals surface area contributed by atoms with Crippen LogP contribution in [0.15, 0.2) is 64.5 Å². The first-order valence-electron chi connectivity index (χ1n) is 13.5. The van der Waals surface area contributed by atoms with Crippen molar-refractivity contribution in [2.45, 2.75) is 31.7 Å². The Morgan fingerprint density at radius 3 is 2.29 bits per heavy atom. The molecular formula is C30H34N6O4S. The molecule has 1 saturated heterocycles. The van der Waals surface area contributed by atoms with Crippen LogP contribution in [-0.4, -0.2) is 66.2 Å². The van der Waals surface area contributed by atoms with Crippen molar-refractivity contribution < 1.29 is 13.2 Å². The van der Waals surface area contributed by atoms with Crippen LogP contribution in [0.5, 0.6) is 0 Å². The monoisotopic (exact) mass is 574 g/mol. The number of nitrogens with one attached hydrogen (secondary N) is 1. The van der Waals surface area contributed by atoms with E-state index in [0.717, 1.165) is 22.3 Å². The van der Waals surface area contributed by atoms with Crippen LogP contribution in [0.2, 0.25) is 0 Å².